The molecule has 1 aromatic rings. The third-order valence-electron chi connectivity index (χ3n) is 2.29. The molecule has 0 saturated heterocycles. The van der Waals surface area contributed by atoms with E-state index < -0.39 is 0 Å². The molecule has 1 aromatic carbocycles. The minimum Gasteiger partial charge on any atom is -0.384 e. The summed E-state index contributed by atoms with van der Waals surface area (Å²) in [5.74, 6) is -0.0523. The van der Waals surface area contributed by atoms with Crippen molar-refractivity contribution in [1.82, 2.24) is 5.32 Å². The number of amides is 1. The predicted molar refractivity (Wildman–Crippen MR) is 76.5 cm³/mol. The molecule has 4 N–H and O–H groups in total. The Morgan fingerprint density at radius 1 is 1.50 bits per heavy atom. The number of hydrogen-bond donors (Lipinski definition) is 3. The van der Waals surface area contributed by atoms with Crippen molar-refractivity contribution in [1.29, 1.82) is 5.41 Å². The van der Waals surface area contributed by atoms with Crippen LogP contribution < -0.4 is 11.1 Å². The molecule has 18 heavy (non-hydrogen) atoms. The van der Waals surface area contributed by atoms with Crippen LogP contribution in [0.25, 0.3) is 0 Å². The van der Waals surface area contributed by atoms with E-state index in [1.165, 1.54) is 0 Å². The summed E-state index contributed by atoms with van der Waals surface area (Å²) in [7, 11) is 0. The Hall–Kier alpha value is -1.26. The van der Waals surface area contributed by atoms with Gasteiger partial charge in [-0.05, 0) is 24.1 Å². The minimum atomic E-state index is -0.0725. The van der Waals surface area contributed by atoms with Gasteiger partial charge in [-0.15, -0.1) is 12.4 Å². The second kappa shape index (κ2) is 7.95. The van der Waals surface area contributed by atoms with E-state index in [9.17, 15) is 4.79 Å². The van der Waals surface area contributed by atoms with E-state index in [0.717, 1.165) is 12.0 Å². The summed E-state index contributed by atoms with van der Waals surface area (Å²) in [6, 6.07) is 5.21. The second-order valence-electron chi connectivity index (χ2n) is 3.75. The van der Waals surface area contributed by atoms with Crippen LogP contribution in [0.15, 0.2) is 18.2 Å². The fraction of sp³-hybridized carbons (Fsp3) is 0.333. The van der Waals surface area contributed by atoms with Gasteiger partial charge in [0.2, 0.25) is 5.91 Å². The molecule has 0 saturated carbocycles. The number of carbonyl (C=O) groups excluding carboxylic acids is 1. The zero-order valence-electron chi connectivity index (χ0n) is 10.1. The number of carbonyl (C=O) groups is 1. The zero-order chi connectivity index (χ0) is 12.8. The number of hydrogen-bond acceptors (Lipinski definition) is 2. The lowest BCUT2D eigenvalue weighted by atomic mass is 10.1. The monoisotopic (exact) mass is 289 g/mol. The second-order valence-corrected chi connectivity index (χ2v) is 4.16. The average Bonchev–Trinajstić information content (AvgIpc) is 2.28. The zero-order valence-corrected chi connectivity index (χ0v) is 11.7. The fourth-order valence-electron chi connectivity index (χ4n) is 1.40. The van der Waals surface area contributed by atoms with Gasteiger partial charge in [-0.1, -0.05) is 24.6 Å². The lowest BCUT2D eigenvalue weighted by Crippen LogP contribution is -2.22. The quantitative estimate of drug-likeness (QED) is 0.575. The van der Waals surface area contributed by atoms with Gasteiger partial charge in [0.15, 0.2) is 0 Å². The van der Waals surface area contributed by atoms with Crippen LogP contribution in [0.3, 0.4) is 0 Å². The average molecular weight is 290 g/mol. The number of nitrogens with two attached hydrogens (primary N) is 1. The summed E-state index contributed by atoms with van der Waals surface area (Å²) < 4.78 is 0. The van der Waals surface area contributed by atoms with E-state index in [0.29, 0.717) is 23.6 Å². The molecule has 1 rings (SSSR count). The van der Waals surface area contributed by atoms with Crippen molar-refractivity contribution in [3.63, 3.8) is 0 Å². The number of amidine groups is 1. The van der Waals surface area contributed by atoms with Gasteiger partial charge in [-0.25, -0.2) is 0 Å². The molecule has 0 spiro atoms. The summed E-state index contributed by atoms with van der Waals surface area (Å²) in [4.78, 5) is 11.3. The summed E-state index contributed by atoms with van der Waals surface area (Å²) in [5.41, 5.74) is 6.77. The van der Waals surface area contributed by atoms with Crippen molar-refractivity contribution in [2.45, 2.75) is 26.3 Å². The minimum absolute atomic E-state index is 0. The van der Waals surface area contributed by atoms with Gasteiger partial charge in [0.1, 0.15) is 5.84 Å². The van der Waals surface area contributed by atoms with Crippen LogP contribution in [0.2, 0.25) is 5.02 Å². The van der Waals surface area contributed by atoms with E-state index >= 15 is 0 Å². The SMILES string of the molecule is CCCC(=O)NCc1ccc(Cl)c(C(=N)N)c1.Cl. The highest BCUT2D eigenvalue weighted by Gasteiger charge is 2.05. The molecule has 0 aromatic heterocycles. The van der Waals surface area contributed by atoms with Crippen molar-refractivity contribution in [2.75, 3.05) is 0 Å². The molecule has 0 heterocycles. The van der Waals surface area contributed by atoms with E-state index in [1.807, 2.05) is 6.92 Å². The van der Waals surface area contributed by atoms with Crippen molar-refractivity contribution in [3.05, 3.63) is 34.3 Å². The van der Waals surface area contributed by atoms with E-state index in [4.69, 9.17) is 22.7 Å². The molecular formula is C12H17Cl2N3O. The maximum Gasteiger partial charge on any atom is 0.220 e. The van der Waals surface area contributed by atoms with Crippen molar-refractivity contribution in [2.24, 2.45) is 5.73 Å². The first kappa shape index (κ1) is 16.7. The Balaban J connectivity index is 0.00000289. The molecule has 1 amide bonds. The Bertz CT molecular complexity index is 435. The number of halogens is 2. The lowest BCUT2D eigenvalue weighted by Gasteiger charge is -2.07. The van der Waals surface area contributed by atoms with Gasteiger partial charge in [0, 0.05) is 18.5 Å². The first-order chi connectivity index (χ1) is 8.04. The van der Waals surface area contributed by atoms with Crippen LogP contribution >= 0.6 is 24.0 Å². The summed E-state index contributed by atoms with van der Waals surface area (Å²) in [5, 5.41) is 10.6. The van der Waals surface area contributed by atoms with Gasteiger partial charge in [-0.3, -0.25) is 10.2 Å². The third kappa shape index (κ3) is 4.94. The Morgan fingerprint density at radius 3 is 2.72 bits per heavy atom. The molecule has 0 bridgehead atoms. The molecule has 0 unspecified atom stereocenters. The van der Waals surface area contributed by atoms with E-state index in [-0.39, 0.29) is 24.1 Å². The van der Waals surface area contributed by atoms with Gasteiger partial charge in [0.05, 0.1) is 5.02 Å². The van der Waals surface area contributed by atoms with Gasteiger partial charge in [0.25, 0.3) is 0 Å². The summed E-state index contributed by atoms with van der Waals surface area (Å²) in [6.07, 6.45) is 1.35. The number of rotatable bonds is 5. The van der Waals surface area contributed by atoms with Crippen LogP contribution in [0.1, 0.15) is 30.9 Å². The first-order valence-electron chi connectivity index (χ1n) is 5.44. The first-order valence-corrected chi connectivity index (χ1v) is 5.82. The highest BCUT2D eigenvalue weighted by Crippen LogP contribution is 2.17. The standard InChI is InChI=1S/C12H16ClN3O.ClH/c1-2-3-11(17)16-7-8-4-5-10(13)9(6-8)12(14)15;/h4-6H,2-3,7H2,1H3,(H3,14,15)(H,16,17);1H. The fourth-order valence-corrected chi connectivity index (χ4v) is 1.62. The number of nitrogens with one attached hydrogen (secondary N) is 2. The normalized spacial score (nSPS) is 9.44. The van der Waals surface area contributed by atoms with Crippen LogP contribution in [-0.2, 0) is 11.3 Å². The Kier molecular flexibility index (Phi) is 7.39. The molecular weight excluding hydrogens is 273 g/mol. The van der Waals surface area contributed by atoms with Gasteiger partial charge < -0.3 is 11.1 Å². The lowest BCUT2D eigenvalue weighted by molar-refractivity contribution is -0.121. The van der Waals surface area contributed by atoms with Crippen molar-refractivity contribution >= 4 is 35.8 Å². The van der Waals surface area contributed by atoms with Crippen LogP contribution in [0.4, 0.5) is 0 Å². The summed E-state index contributed by atoms with van der Waals surface area (Å²) >= 11 is 5.90. The van der Waals surface area contributed by atoms with Crippen LogP contribution in [-0.4, -0.2) is 11.7 Å². The maximum atomic E-state index is 11.3. The van der Waals surface area contributed by atoms with Crippen molar-refractivity contribution < 1.29 is 4.79 Å². The van der Waals surface area contributed by atoms with Crippen molar-refractivity contribution in [3.8, 4) is 0 Å². The van der Waals surface area contributed by atoms with Crippen LogP contribution in [0, 0.1) is 5.41 Å². The number of nitrogen functional groups attached to an aromatic ring is 1. The van der Waals surface area contributed by atoms with Crippen LogP contribution in [0.5, 0.6) is 0 Å². The molecule has 0 radical (unpaired) electrons. The molecule has 0 aliphatic carbocycles. The molecule has 0 fully saturated rings. The molecule has 6 heteroatoms. The Labute approximate surface area is 118 Å². The topological polar surface area (TPSA) is 79.0 Å². The van der Waals surface area contributed by atoms with E-state index in [1.54, 1.807) is 18.2 Å². The molecule has 4 nitrogen and oxygen atoms in total. The van der Waals surface area contributed by atoms with Gasteiger partial charge >= 0.3 is 0 Å². The highest BCUT2D eigenvalue weighted by atomic mass is 35.5. The molecule has 0 atom stereocenters. The third-order valence-corrected chi connectivity index (χ3v) is 2.62. The largest absolute Gasteiger partial charge is 0.384 e. The molecule has 0 aliphatic rings. The smallest absolute Gasteiger partial charge is 0.220 e. The molecule has 100 valence electrons. The van der Waals surface area contributed by atoms with E-state index in [2.05, 4.69) is 5.32 Å². The maximum absolute atomic E-state index is 11.3. The Morgan fingerprint density at radius 2 is 2.17 bits per heavy atom. The summed E-state index contributed by atoms with van der Waals surface area (Å²) in [6.45, 7) is 2.38. The highest BCUT2D eigenvalue weighted by molar-refractivity contribution is 6.33. The number of benzene rings is 1. The molecule has 0 aliphatic heterocycles. The van der Waals surface area contributed by atoms with Gasteiger partial charge in [-0.2, -0.15) is 0 Å². The predicted octanol–water partition coefficient (Wildman–Crippen LogP) is 2.46.